The number of alkyl halides is 3. The van der Waals surface area contributed by atoms with Crippen molar-refractivity contribution in [2.75, 3.05) is 18.0 Å². The van der Waals surface area contributed by atoms with Crippen molar-refractivity contribution >= 4 is 27.4 Å². The van der Waals surface area contributed by atoms with Crippen molar-refractivity contribution in [2.45, 2.75) is 56.3 Å². The summed E-state index contributed by atoms with van der Waals surface area (Å²) in [5, 5.41) is 4.72. The van der Waals surface area contributed by atoms with E-state index in [0.717, 1.165) is 42.1 Å². The molecule has 3 aliphatic rings. The zero-order valence-electron chi connectivity index (χ0n) is 17.7. The second kappa shape index (κ2) is 7.15. The highest BCUT2D eigenvalue weighted by Crippen LogP contribution is 2.51. The summed E-state index contributed by atoms with van der Waals surface area (Å²) in [5.41, 5.74) is 1.84. The van der Waals surface area contributed by atoms with Crippen LogP contribution < -0.4 is 10.2 Å². The van der Waals surface area contributed by atoms with Crippen LogP contribution in [-0.4, -0.2) is 35.3 Å². The number of thiophene rings is 1. The molecular formula is C24H25F3N4S. The van der Waals surface area contributed by atoms with Crippen LogP contribution in [0.2, 0.25) is 0 Å². The molecule has 168 valence electrons. The third-order valence-electron chi connectivity index (χ3n) is 7.35. The molecule has 1 N–H and O–H groups in total. The Morgan fingerprint density at radius 3 is 2.59 bits per heavy atom. The van der Waals surface area contributed by atoms with Gasteiger partial charge in [0.05, 0.1) is 11.8 Å². The molecular weight excluding hydrogens is 433 g/mol. The average Bonchev–Trinajstić information content (AvgIpc) is 3.20. The third-order valence-corrected chi connectivity index (χ3v) is 8.39. The average molecular weight is 459 g/mol. The van der Waals surface area contributed by atoms with E-state index in [1.165, 1.54) is 37.6 Å². The van der Waals surface area contributed by atoms with E-state index in [2.05, 4.69) is 50.5 Å². The largest absolute Gasteiger partial charge is 0.393 e. The molecule has 1 saturated heterocycles. The first-order valence-corrected chi connectivity index (χ1v) is 12.0. The quantitative estimate of drug-likeness (QED) is 0.553. The van der Waals surface area contributed by atoms with Crippen LogP contribution in [0.15, 0.2) is 42.7 Å². The van der Waals surface area contributed by atoms with Gasteiger partial charge < -0.3 is 10.2 Å². The second-order valence-electron chi connectivity index (χ2n) is 9.81. The number of hydrogen-bond donors (Lipinski definition) is 1. The molecule has 3 fully saturated rings. The van der Waals surface area contributed by atoms with Gasteiger partial charge in [0.1, 0.15) is 17.0 Å². The Morgan fingerprint density at radius 1 is 1.09 bits per heavy atom. The topological polar surface area (TPSA) is 41.0 Å². The fourth-order valence-corrected chi connectivity index (χ4v) is 6.77. The smallest absolute Gasteiger partial charge is 0.355 e. The minimum Gasteiger partial charge on any atom is -0.355 e. The number of nitrogens with one attached hydrogen (secondary N) is 1. The Kier molecular flexibility index (Phi) is 4.56. The minimum absolute atomic E-state index is 0.158. The Bertz CT molecular complexity index is 1130. The number of halogens is 3. The molecule has 2 saturated carbocycles. The first-order valence-electron chi connectivity index (χ1n) is 11.2. The lowest BCUT2D eigenvalue weighted by Crippen LogP contribution is -2.56. The Hall–Kier alpha value is -2.19. The molecule has 0 unspecified atom stereocenters. The molecule has 8 heteroatoms. The van der Waals surface area contributed by atoms with Crippen molar-refractivity contribution in [1.82, 2.24) is 15.3 Å². The van der Waals surface area contributed by atoms with E-state index >= 15 is 0 Å². The zero-order chi connectivity index (χ0) is 22.0. The lowest BCUT2D eigenvalue weighted by atomic mass is 9.78. The lowest BCUT2D eigenvalue weighted by Gasteiger charge is -2.49. The van der Waals surface area contributed by atoms with Crippen LogP contribution in [0.4, 0.5) is 19.0 Å². The monoisotopic (exact) mass is 458 g/mol. The molecule has 4 nitrogen and oxygen atoms in total. The number of rotatable bonds is 5. The number of aromatic nitrogens is 2. The van der Waals surface area contributed by atoms with E-state index in [4.69, 9.17) is 0 Å². The van der Waals surface area contributed by atoms with Crippen LogP contribution in [0.3, 0.4) is 0 Å². The molecule has 0 bridgehead atoms. The molecule has 6 rings (SSSR count). The lowest BCUT2D eigenvalue weighted by molar-refractivity contribution is -0.126. The summed E-state index contributed by atoms with van der Waals surface area (Å²) in [4.78, 5) is 11.8. The van der Waals surface area contributed by atoms with Crippen LogP contribution in [0.25, 0.3) is 10.2 Å². The van der Waals surface area contributed by atoms with E-state index in [-0.39, 0.29) is 11.0 Å². The number of nitrogens with zero attached hydrogens (tertiary/aromatic N) is 3. The summed E-state index contributed by atoms with van der Waals surface area (Å²) >= 11 is 1.12. The SMILES string of the molecule is FC(F)(F)Cc1cc2c(N3CC4(CC[C@@H](NC5(c6ccccc6)CC5)C4)C3)ncnc2s1. The van der Waals surface area contributed by atoms with E-state index in [1.807, 2.05) is 0 Å². The highest BCUT2D eigenvalue weighted by atomic mass is 32.1. The van der Waals surface area contributed by atoms with Gasteiger partial charge in [-0.05, 0) is 43.7 Å². The third kappa shape index (κ3) is 3.67. The van der Waals surface area contributed by atoms with E-state index in [1.54, 1.807) is 6.07 Å². The van der Waals surface area contributed by atoms with Gasteiger partial charge in [-0.15, -0.1) is 11.3 Å². The van der Waals surface area contributed by atoms with Crippen molar-refractivity contribution in [1.29, 1.82) is 0 Å². The maximum atomic E-state index is 12.8. The Balaban J connectivity index is 1.13. The molecule has 1 aliphatic heterocycles. The van der Waals surface area contributed by atoms with Gasteiger partial charge in [-0.2, -0.15) is 13.2 Å². The van der Waals surface area contributed by atoms with Gasteiger partial charge in [-0.25, -0.2) is 9.97 Å². The molecule has 2 aromatic heterocycles. The fraction of sp³-hybridized carbons (Fsp3) is 0.500. The van der Waals surface area contributed by atoms with Gasteiger partial charge in [0.15, 0.2) is 0 Å². The number of hydrogen-bond acceptors (Lipinski definition) is 5. The van der Waals surface area contributed by atoms with Crippen molar-refractivity contribution in [3.05, 3.63) is 53.2 Å². The number of benzene rings is 1. The molecule has 1 atom stereocenters. The highest BCUT2D eigenvalue weighted by Gasteiger charge is 2.52. The van der Waals surface area contributed by atoms with Crippen molar-refractivity contribution in [2.24, 2.45) is 5.41 Å². The zero-order valence-corrected chi connectivity index (χ0v) is 18.5. The Labute approximate surface area is 188 Å². The maximum Gasteiger partial charge on any atom is 0.393 e. The van der Waals surface area contributed by atoms with Crippen LogP contribution in [0, 0.1) is 5.41 Å². The number of anilines is 1. The molecule has 3 aromatic rings. The maximum absolute atomic E-state index is 12.8. The standard InChI is InChI=1S/C24H25F3N4S/c25-24(26,27)12-18-10-19-20(28-15-29-21(19)32-18)31-13-22(14-31)7-6-17(11-22)30-23(8-9-23)16-4-2-1-3-5-16/h1-5,10,15,17,30H,6-9,11-14H2/t17-/m1/s1. The summed E-state index contributed by atoms with van der Waals surface area (Å²) in [6.07, 6.45) is 2.27. The molecule has 32 heavy (non-hydrogen) atoms. The van der Waals surface area contributed by atoms with Gasteiger partial charge in [0.25, 0.3) is 0 Å². The second-order valence-corrected chi connectivity index (χ2v) is 10.9. The summed E-state index contributed by atoms with van der Waals surface area (Å²) < 4.78 is 38.5. The molecule has 3 heterocycles. The normalized spacial score (nSPS) is 23.6. The van der Waals surface area contributed by atoms with Gasteiger partial charge in [0, 0.05) is 35.0 Å². The van der Waals surface area contributed by atoms with Crippen LogP contribution in [-0.2, 0) is 12.0 Å². The van der Waals surface area contributed by atoms with Crippen molar-refractivity contribution in [3.63, 3.8) is 0 Å². The first kappa shape index (κ1) is 20.4. The summed E-state index contributed by atoms with van der Waals surface area (Å²) in [5.74, 6) is 0.782. The van der Waals surface area contributed by atoms with E-state index in [0.29, 0.717) is 15.7 Å². The van der Waals surface area contributed by atoms with Crippen LogP contribution in [0.1, 0.15) is 42.5 Å². The predicted octanol–water partition coefficient (Wildman–Crippen LogP) is 5.43. The highest BCUT2D eigenvalue weighted by molar-refractivity contribution is 7.18. The molecule has 2 aliphatic carbocycles. The predicted molar refractivity (Wildman–Crippen MR) is 120 cm³/mol. The summed E-state index contributed by atoms with van der Waals surface area (Å²) in [6.45, 7) is 1.83. The van der Waals surface area contributed by atoms with Crippen molar-refractivity contribution < 1.29 is 13.2 Å². The first-order chi connectivity index (χ1) is 15.3. The molecule has 1 aromatic carbocycles. The van der Waals surface area contributed by atoms with Gasteiger partial charge in [-0.1, -0.05) is 30.3 Å². The van der Waals surface area contributed by atoms with Crippen LogP contribution in [0.5, 0.6) is 0 Å². The van der Waals surface area contributed by atoms with Gasteiger partial charge in [-0.3, -0.25) is 0 Å². The van der Waals surface area contributed by atoms with Crippen molar-refractivity contribution in [3.8, 4) is 0 Å². The number of fused-ring (bicyclic) bond motifs is 1. The minimum atomic E-state index is -4.21. The fourth-order valence-electron chi connectivity index (χ4n) is 5.75. The Morgan fingerprint density at radius 2 is 1.88 bits per heavy atom. The van der Waals surface area contributed by atoms with E-state index < -0.39 is 12.6 Å². The van der Waals surface area contributed by atoms with E-state index in [9.17, 15) is 13.2 Å². The summed E-state index contributed by atoms with van der Waals surface area (Å²) in [7, 11) is 0. The van der Waals surface area contributed by atoms with Crippen LogP contribution >= 0.6 is 11.3 Å². The molecule has 0 radical (unpaired) electrons. The van der Waals surface area contributed by atoms with Gasteiger partial charge in [0.2, 0.25) is 0 Å². The molecule has 1 spiro atoms. The summed E-state index contributed by atoms with van der Waals surface area (Å²) in [6, 6.07) is 12.9. The molecule has 0 amide bonds. The van der Waals surface area contributed by atoms with Gasteiger partial charge >= 0.3 is 6.18 Å².